The maximum Gasteiger partial charge on any atom is 3.00 e. The number of hydrogen-bond donors (Lipinski definition) is 1. The molecule has 0 aliphatic rings. The standard InChI is InChI=1S/C10H21O5P.Al/c1-4-7-16(13,14)9(3)8(2)10(12)15-6-5-11;/h8-9,11H,4-7H2,1-3H3,(H,13,14);/q;+3/p-1. The average Bonchev–Trinajstić information content (AvgIpc) is 2.23. The van der Waals surface area contributed by atoms with Crippen LogP contribution < -0.4 is 4.89 Å². The van der Waals surface area contributed by atoms with E-state index in [1.807, 2.05) is 0 Å². The quantitative estimate of drug-likeness (QED) is 0.409. The maximum absolute atomic E-state index is 11.7. The number of carbonyl (C=O) groups excluding carboxylic acids is 1. The molecule has 1 N–H and O–H groups in total. The Morgan fingerprint density at radius 2 is 2.00 bits per heavy atom. The van der Waals surface area contributed by atoms with Gasteiger partial charge in [0.05, 0.1) is 12.5 Å². The van der Waals surface area contributed by atoms with E-state index in [0.717, 1.165) is 0 Å². The van der Waals surface area contributed by atoms with Crippen LogP contribution in [0.1, 0.15) is 27.2 Å². The molecule has 0 spiro atoms. The van der Waals surface area contributed by atoms with Gasteiger partial charge >= 0.3 is 23.3 Å². The number of carbonyl (C=O) groups is 1. The summed E-state index contributed by atoms with van der Waals surface area (Å²) in [5, 5.41) is 8.49. The van der Waals surface area contributed by atoms with E-state index in [9.17, 15) is 14.3 Å². The van der Waals surface area contributed by atoms with Crippen molar-refractivity contribution < 1.29 is 24.1 Å². The van der Waals surface area contributed by atoms with E-state index in [-0.39, 0.29) is 36.7 Å². The van der Waals surface area contributed by atoms with Gasteiger partial charge in [0.1, 0.15) is 6.61 Å². The van der Waals surface area contributed by atoms with E-state index in [2.05, 4.69) is 0 Å². The molecule has 17 heavy (non-hydrogen) atoms. The van der Waals surface area contributed by atoms with Crippen LogP contribution >= 0.6 is 7.37 Å². The van der Waals surface area contributed by atoms with E-state index in [4.69, 9.17) is 9.84 Å². The van der Waals surface area contributed by atoms with E-state index < -0.39 is 24.9 Å². The van der Waals surface area contributed by atoms with E-state index in [0.29, 0.717) is 6.42 Å². The molecular weight excluding hydrogens is 258 g/mol. The second kappa shape index (κ2) is 9.13. The monoisotopic (exact) mass is 278 g/mol. The molecule has 7 heteroatoms. The Hall–Kier alpha value is 0.152. The summed E-state index contributed by atoms with van der Waals surface area (Å²) in [5.41, 5.74) is -0.723. The van der Waals surface area contributed by atoms with Crippen LogP contribution in [-0.2, 0) is 14.1 Å². The van der Waals surface area contributed by atoms with Crippen molar-refractivity contribution in [3.8, 4) is 0 Å². The van der Waals surface area contributed by atoms with Crippen LogP contribution in [0.2, 0.25) is 0 Å². The summed E-state index contributed by atoms with van der Waals surface area (Å²) < 4.78 is 16.4. The van der Waals surface area contributed by atoms with Crippen molar-refractivity contribution in [2.24, 2.45) is 5.92 Å². The maximum atomic E-state index is 11.7. The van der Waals surface area contributed by atoms with Crippen molar-refractivity contribution in [3.63, 3.8) is 0 Å². The minimum atomic E-state index is -3.54. The molecule has 0 saturated heterocycles. The smallest absolute Gasteiger partial charge is 0.799 e. The summed E-state index contributed by atoms with van der Waals surface area (Å²) in [5.74, 6) is -1.27. The Morgan fingerprint density at radius 3 is 2.41 bits per heavy atom. The molecule has 0 saturated carbocycles. The van der Waals surface area contributed by atoms with Gasteiger partial charge in [0.2, 0.25) is 0 Å². The number of esters is 1. The van der Waals surface area contributed by atoms with Crippen LogP contribution in [-0.4, -0.2) is 53.5 Å². The molecule has 96 valence electrons. The third-order valence-electron chi connectivity index (χ3n) is 2.59. The normalized spacial score (nSPS) is 17.5. The SMILES string of the molecule is CCCP(=O)([O-])C(C)C(C)C(=O)OCCO.[Al+3]. The summed E-state index contributed by atoms with van der Waals surface area (Å²) >= 11 is 0. The van der Waals surface area contributed by atoms with Gasteiger partial charge in [0.15, 0.2) is 0 Å². The van der Waals surface area contributed by atoms with Crippen molar-refractivity contribution in [3.05, 3.63) is 0 Å². The third kappa shape index (κ3) is 6.59. The average molecular weight is 278 g/mol. The topological polar surface area (TPSA) is 86.7 Å². The van der Waals surface area contributed by atoms with Crippen LogP contribution in [0.15, 0.2) is 0 Å². The van der Waals surface area contributed by atoms with Gasteiger partial charge in [-0.1, -0.05) is 27.2 Å². The number of ether oxygens (including phenoxy) is 1. The second-order valence-electron chi connectivity index (χ2n) is 3.87. The zero-order valence-corrected chi connectivity index (χ0v) is 12.6. The zero-order valence-electron chi connectivity index (χ0n) is 10.6. The zero-order chi connectivity index (χ0) is 12.8. The van der Waals surface area contributed by atoms with Crippen molar-refractivity contribution in [1.82, 2.24) is 0 Å². The summed E-state index contributed by atoms with van der Waals surface area (Å²) in [7, 11) is -3.54. The predicted octanol–water partition coefficient (Wildman–Crippen LogP) is 0.214. The molecule has 0 aliphatic carbocycles. The number of rotatable bonds is 7. The summed E-state index contributed by atoms with van der Waals surface area (Å²) in [6, 6.07) is 0. The van der Waals surface area contributed by atoms with Gasteiger partial charge in [-0.25, -0.2) is 0 Å². The molecule has 0 aromatic heterocycles. The minimum absolute atomic E-state index is 0. The molecule has 0 radical (unpaired) electrons. The fraction of sp³-hybridized carbons (Fsp3) is 0.900. The van der Waals surface area contributed by atoms with Gasteiger partial charge in [-0.15, -0.1) is 0 Å². The largest absolute Gasteiger partial charge is 3.00 e. The molecule has 0 bridgehead atoms. The molecule has 0 aromatic rings. The van der Waals surface area contributed by atoms with Gasteiger partial charge in [0.25, 0.3) is 0 Å². The Morgan fingerprint density at radius 1 is 1.47 bits per heavy atom. The molecule has 0 aliphatic heterocycles. The Labute approximate surface area is 113 Å². The summed E-state index contributed by atoms with van der Waals surface area (Å²) in [6.45, 7) is 4.49. The van der Waals surface area contributed by atoms with Gasteiger partial charge in [-0.2, -0.15) is 0 Å². The van der Waals surface area contributed by atoms with Crippen LogP contribution in [0.5, 0.6) is 0 Å². The Bertz CT molecular complexity index is 271. The van der Waals surface area contributed by atoms with Crippen molar-refractivity contribution in [2.45, 2.75) is 32.9 Å². The van der Waals surface area contributed by atoms with Crippen LogP contribution in [0.3, 0.4) is 0 Å². The van der Waals surface area contributed by atoms with Crippen molar-refractivity contribution in [1.29, 1.82) is 0 Å². The minimum Gasteiger partial charge on any atom is -0.799 e. The molecule has 0 rings (SSSR count). The molecule has 0 aromatic carbocycles. The number of hydrogen-bond acceptors (Lipinski definition) is 5. The fourth-order valence-corrected chi connectivity index (χ4v) is 3.16. The van der Waals surface area contributed by atoms with Gasteiger partial charge < -0.3 is 19.3 Å². The first-order valence-corrected chi connectivity index (χ1v) is 7.32. The first-order valence-electron chi connectivity index (χ1n) is 5.44. The summed E-state index contributed by atoms with van der Waals surface area (Å²) in [6.07, 6.45) is 0.648. The van der Waals surface area contributed by atoms with Crippen LogP contribution in [0, 0.1) is 5.92 Å². The predicted molar refractivity (Wildman–Crippen MR) is 65.2 cm³/mol. The first kappa shape index (κ1) is 19.5. The van der Waals surface area contributed by atoms with Crippen LogP contribution in [0.4, 0.5) is 0 Å². The van der Waals surface area contributed by atoms with Gasteiger partial charge in [-0.05, 0) is 6.16 Å². The van der Waals surface area contributed by atoms with Gasteiger partial charge in [0, 0.05) is 13.0 Å². The number of aliphatic hydroxyl groups is 1. The Balaban J connectivity index is 0. The van der Waals surface area contributed by atoms with E-state index in [1.54, 1.807) is 6.92 Å². The fourth-order valence-electron chi connectivity index (χ4n) is 1.33. The molecule has 0 fully saturated rings. The molecule has 3 unspecified atom stereocenters. The third-order valence-corrected chi connectivity index (χ3v) is 5.35. The van der Waals surface area contributed by atoms with E-state index in [1.165, 1.54) is 13.8 Å². The molecule has 5 nitrogen and oxygen atoms in total. The number of aliphatic hydroxyl groups excluding tert-OH is 1. The molecule has 0 heterocycles. The Kier molecular flexibility index (Phi) is 10.5. The van der Waals surface area contributed by atoms with E-state index >= 15 is 0 Å². The molecule has 0 amide bonds. The summed E-state index contributed by atoms with van der Waals surface area (Å²) in [4.78, 5) is 23.1. The van der Waals surface area contributed by atoms with Crippen molar-refractivity contribution in [2.75, 3.05) is 19.4 Å². The van der Waals surface area contributed by atoms with Gasteiger partial charge in [-0.3, -0.25) is 4.79 Å². The molecular formula is C10H20AlO5P+2. The molecule has 3 atom stereocenters. The van der Waals surface area contributed by atoms with Crippen molar-refractivity contribution >= 4 is 30.7 Å². The van der Waals surface area contributed by atoms with Crippen LogP contribution in [0.25, 0.3) is 0 Å². The second-order valence-corrected chi connectivity index (χ2v) is 6.58. The first-order chi connectivity index (χ1) is 7.36.